The van der Waals surface area contributed by atoms with Crippen molar-refractivity contribution in [2.45, 2.75) is 45.1 Å². The van der Waals surface area contributed by atoms with Crippen LogP contribution < -0.4 is 5.32 Å². The van der Waals surface area contributed by atoms with Crippen LogP contribution in [0, 0.1) is 17.8 Å². The molecule has 0 aliphatic heterocycles. The number of nitrogens with one attached hydrogen (secondary N) is 1. The van der Waals surface area contributed by atoms with E-state index in [4.69, 9.17) is 11.6 Å². The number of amides is 2. The highest BCUT2D eigenvalue weighted by Gasteiger charge is 2.25. The second kappa shape index (κ2) is 10.4. The Bertz CT molecular complexity index is 627. The Hall–Kier alpha value is -1.70. The molecule has 0 radical (unpaired) electrons. The molecule has 1 fully saturated rings. The van der Waals surface area contributed by atoms with Crippen LogP contribution in [-0.4, -0.2) is 49.1 Å². The van der Waals surface area contributed by atoms with Crippen molar-refractivity contribution in [3.63, 3.8) is 0 Å². The van der Waals surface area contributed by atoms with Crippen LogP contribution in [0.1, 0.15) is 39.0 Å². The number of halogens is 1. The van der Waals surface area contributed by atoms with E-state index in [1.807, 2.05) is 24.1 Å². The molecule has 1 saturated carbocycles. The maximum Gasteiger partial charge on any atom is 0.321 e. The van der Waals surface area contributed by atoms with E-state index >= 15 is 0 Å². The molecule has 1 aromatic carbocycles. The fourth-order valence-corrected chi connectivity index (χ4v) is 3.43. The Morgan fingerprint density at radius 2 is 1.85 bits per heavy atom. The molecule has 0 saturated heterocycles. The van der Waals surface area contributed by atoms with E-state index in [-0.39, 0.29) is 12.1 Å². The molecule has 2 amide bonds. The Labute approximate surface area is 162 Å². The smallest absolute Gasteiger partial charge is 0.321 e. The van der Waals surface area contributed by atoms with Crippen molar-refractivity contribution in [1.82, 2.24) is 9.80 Å². The highest BCUT2D eigenvalue weighted by molar-refractivity contribution is 6.30. The number of hydrogen-bond donors (Lipinski definition) is 1. The first-order valence-corrected chi connectivity index (χ1v) is 9.83. The van der Waals surface area contributed by atoms with E-state index in [1.165, 1.54) is 0 Å². The van der Waals surface area contributed by atoms with Gasteiger partial charge in [-0.25, -0.2) is 4.79 Å². The summed E-state index contributed by atoms with van der Waals surface area (Å²) in [5, 5.41) is 3.59. The molecule has 4 nitrogen and oxygen atoms in total. The van der Waals surface area contributed by atoms with Gasteiger partial charge in [-0.15, -0.1) is 0 Å². The van der Waals surface area contributed by atoms with E-state index in [0.717, 1.165) is 50.9 Å². The number of anilines is 1. The molecule has 5 heteroatoms. The third-order valence-corrected chi connectivity index (χ3v) is 5.17. The fourth-order valence-electron chi connectivity index (χ4n) is 3.30. The van der Waals surface area contributed by atoms with Gasteiger partial charge in [0.2, 0.25) is 0 Å². The lowest BCUT2D eigenvalue weighted by Gasteiger charge is -2.33. The zero-order chi connectivity index (χ0) is 18.9. The molecule has 0 heterocycles. The van der Waals surface area contributed by atoms with Crippen LogP contribution in [0.2, 0.25) is 5.02 Å². The summed E-state index contributed by atoms with van der Waals surface area (Å²) in [5.74, 6) is 7.20. The van der Waals surface area contributed by atoms with Crippen LogP contribution in [0.3, 0.4) is 0 Å². The first kappa shape index (κ1) is 20.6. The normalized spacial score (nSPS) is 19.6. The lowest BCUT2D eigenvalue weighted by Crippen LogP contribution is -2.41. The molecule has 0 spiro atoms. The standard InChI is InChI=1S/C21H30ClN3O/c1-4-15-24(2)16-5-6-17-7-13-20(14-8-17)25(3)21(26)23-19-11-9-18(22)10-12-19/h9-12,17,20H,4,7-8,13-16H2,1-3H3,(H,23,26). The van der Waals surface area contributed by atoms with E-state index < -0.39 is 0 Å². The van der Waals surface area contributed by atoms with Crippen molar-refractivity contribution >= 4 is 23.3 Å². The third-order valence-electron chi connectivity index (χ3n) is 4.92. The molecule has 0 unspecified atom stereocenters. The maximum atomic E-state index is 12.4. The summed E-state index contributed by atoms with van der Waals surface area (Å²) < 4.78 is 0. The van der Waals surface area contributed by atoms with Crippen LogP contribution >= 0.6 is 11.6 Å². The quantitative estimate of drug-likeness (QED) is 0.756. The average molecular weight is 376 g/mol. The van der Waals surface area contributed by atoms with Crippen LogP contribution in [0.15, 0.2) is 24.3 Å². The predicted octanol–water partition coefficient (Wildman–Crippen LogP) is 4.71. The molecular formula is C21H30ClN3O. The van der Waals surface area contributed by atoms with Gasteiger partial charge < -0.3 is 10.2 Å². The van der Waals surface area contributed by atoms with Gasteiger partial charge in [0.1, 0.15) is 0 Å². The molecule has 0 bridgehead atoms. The third kappa shape index (κ3) is 6.55. The molecule has 1 aliphatic rings. The molecule has 2 rings (SSSR count). The van der Waals surface area contributed by atoms with Gasteiger partial charge in [0, 0.05) is 29.7 Å². The topological polar surface area (TPSA) is 35.6 Å². The predicted molar refractivity (Wildman–Crippen MR) is 110 cm³/mol. The van der Waals surface area contributed by atoms with Crippen LogP contribution in [0.4, 0.5) is 10.5 Å². The van der Waals surface area contributed by atoms with E-state index in [0.29, 0.717) is 10.9 Å². The Morgan fingerprint density at radius 3 is 2.46 bits per heavy atom. The van der Waals surface area contributed by atoms with Gasteiger partial charge in [-0.2, -0.15) is 0 Å². The second-order valence-corrected chi connectivity index (χ2v) is 7.55. The minimum Gasteiger partial charge on any atom is -0.325 e. The summed E-state index contributed by atoms with van der Waals surface area (Å²) in [5.41, 5.74) is 0.766. The summed E-state index contributed by atoms with van der Waals surface area (Å²) in [6.07, 6.45) is 5.30. The zero-order valence-electron chi connectivity index (χ0n) is 16.1. The van der Waals surface area contributed by atoms with Gasteiger partial charge in [-0.05, 0) is 70.0 Å². The second-order valence-electron chi connectivity index (χ2n) is 7.11. The van der Waals surface area contributed by atoms with E-state index in [2.05, 4.69) is 36.0 Å². The molecule has 1 aliphatic carbocycles. The van der Waals surface area contributed by atoms with Crippen molar-refractivity contribution in [3.8, 4) is 11.8 Å². The number of carbonyl (C=O) groups excluding carboxylic acids is 1. The van der Waals surface area contributed by atoms with Gasteiger partial charge in [0.05, 0.1) is 6.54 Å². The summed E-state index contributed by atoms with van der Waals surface area (Å²) in [4.78, 5) is 16.5. The number of nitrogens with zero attached hydrogens (tertiary/aromatic N) is 2. The summed E-state index contributed by atoms with van der Waals surface area (Å²) in [6, 6.07) is 7.40. The average Bonchev–Trinajstić information content (AvgIpc) is 2.64. The zero-order valence-corrected chi connectivity index (χ0v) is 16.9. The molecule has 0 atom stereocenters. The number of rotatable bonds is 5. The Morgan fingerprint density at radius 1 is 1.19 bits per heavy atom. The monoisotopic (exact) mass is 375 g/mol. The first-order chi connectivity index (χ1) is 12.5. The van der Waals surface area contributed by atoms with Crippen LogP contribution in [-0.2, 0) is 0 Å². The fraction of sp³-hybridized carbons (Fsp3) is 0.571. The number of urea groups is 1. The SMILES string of the molecule is CCCN(C)CC#CC1CCC(N(C)C(=O)Nc2ccc(Cl)cc2)CC1. The lowest BCUT2D eigenvalue weighted by molar-refractivity contribution is 0.179. The van der Waals surface area contributed by atoms with Gasteiger partial charge in [-0.3, -0.25) is 4.90 Å². The van der Waals surface area contributed by atoms with Crippen molar-refractivity contribution < 1.29 is 4.79 Å². The highest BCUT2D eigenvalue weighted by atomic mass is 35.5. The molecular weight excluding hydrogens is 346 g/mol. The Balaban J connectivity index is 1.76. The van der Waals surface area contributed by atoms with Crippen molar-refractivity contribution in [1.29, 1.82) is 0 Å². The number of hydrogen-bond acceptors (Lipinski definition) is 2. The lowest BCUT2D eigenvalue weighted by atomic mass is 9.86. The van der Waals surface area contributed by atoms with E-state index in [9.17, 15) is 4.79 Å². The highest BCUT2D eigenvalue weighted by Crippen LogP contribution is 2.27. The molecule has 1 aromatic rings. The van der Waals surface area contributed by atoms with E-state index in [1.54, 1.807) is 12.1 Å². The summed E-state index contributed by atoms with van der Waals surface area (Å²) in [6.45, 7) is 4.12. The van der Waals surface area contributed by atoms with Gasteiger partial charge in [-0.1, -0.05) is 30.4 Å². The maximum absolute atomic E-state index is 12.4. The van der Waals surface area contributed by atoms with Gasteiger partial charge in [0.15, 0.2) is 0 Å². The summed E-state index contributed by atoms with van der Waals surface area (Å²) >= 11 is 5.88. The number of carbonyl (C=O) groups is 1. The largest absolute Gasteiger partial charge is 0.325 e. The first-order valence-electron chi connectivity index (χ1n) is 9.46. The minimum absolute atomic E-state index is 0.0666. The molecule has 0 aromatic heterocycles. The van der Waals surface area contributed by atoms with Crippen LogP contribution in [0.25, 0.3) is 0 Å². The van der Waals surface area contributed by atoms with Crippen LogP contribution in [0.5, 0.6) is 0 Å². The van der Waals surface area contributed by atoms with Crippen molar-refractivity contribution in [2.24, 2.45) is 5.92 Å². The molecule has 142 valence electrons. The Kier molecular flexibility index (Phi) is 8.28. The molecule has 26 heavy (non-hydrogen) atoms. The summed E-state index contributed by atoms with van der Waals surface area (Å²) in [7, 11) is 3.99. The van der Waals surface area contributed by atoms with Crippen molar-refractivity contribution in [2.75, 3.05) is 32.5 Å². The number of benzene rings is 1. The van der Waals surface area contributed by atoms with Crippen molar-refractivity contribution in [3.05, 3.63) is 29.3 Å². The van der Waals surface area contributed by atoms with Gasteiger partial charge >= 0.3 is 6.03 Å². The molecule has 1 N–H and O–H groups in total. The van der Waals surface area contributed by atoms with Gasteiger partial charge in [0.25, 0.3) is 0 Å². The minimum atomic E-state index is -0.0666.